The number of nitrogens with zero attached hydrogens (tertiary/aromatic N) is 2. The Labute approximate surface area is 124 Å². The lowest BCUT2D eigenvalue weighted by Gasteiger charge is -2.26. The quantitative estimate of drug-likeness (QED) is 0.781. The lowest BCUT2D eigenvalue weighted by molar-refractivity contribution is -0.131. The number of nitrogen functional groups attached to an aromatic ring is 1. The molecule has 1 aliphatic heterocycles. The molecule has 0 aliphatic carbocycles. The van der Waals surface area contributed by atoms with E-state index in [4.69, 9.17) is 12.2 Å². The van der Waals surface area contributed by atoms with E-state index in [1.54, 1.807) is 12.1 Å². The topological polar surface area (TPSA) is 93.4 Å². The van der Waals surface area contributed by atoms with Crippen LogP contribution in [-0.4, -0.2) is 48.3 Å². The molecule has 6 nitrogen and oxygen atoms in total. The summed E-state index contributed by atoms with van der Waals surface area (Å²) in [6.07, 6.45) is 7.29. The molecule has 2 heterocycles. The molecule has 1 aromatic rings. The third kappa shape index (κ3) is 3.95. The summed E-state index contributed by atoms with van der Waals surface area (Å²) in [5.74, 6) is 2.29. The van der Waals surface area contributed by atoms with E-state index < -0.39 is 9.84 Å². The first-order chi connectivity index (χ1) is 9.91. The first-order valence-corrected chi connectivity index (χ1v) is 8.37. The number of anilines is 1. The predicted octanol–water partition coefficient (Wildman–Crippen LogP) is -0.145. The third-order valence-corrected chi connectivity index (χ3v) is 5.16. The van der Waals surface area contributed by atoms with E-state index in [1.807, 2.05) is 0 Å². The van der Waals surface area contributed by atoms with Gasteiger partial charge in [-0.25, -0.2) is 8.42 Å². The van der Waals surface area contributed by atoms with Gasteiger partial charge in [-0.3, -0.25) is 9.78 Å². The summed E-state index contributed by atoms with van der Waals surface area (Å²) in [6.45, 7) is 0.105. The van der Waals surface area contributed by atoms with Crippen molar-refractivity contribution >= 4 is 21.4 Å². The molecule has 1 aliphatic rings. The molecule has 1 fully saturated rings. The van der Waals surface area contributed by atoms with E-state index in [0.29, 0.717) is 17.8 Å². The molecule has 21 heavy (non-hydrogen) atoms. The van der Waals surface area contributed by atoms with E-state index in [0.717, 1.165) is 0 Å². The highest BCUT2D eigenvalue weighted by atomic mass is 32.2. The number of sulfone groups is 1. The molecule has 112 valence electrons. The average Bonchev–Trinajstić information content (AvgIpc) is 2.78. The molecule has 1 aromatic heterocycles. The fourth-order valence-electron chi connectivity index (χ4n) is 2.34. The Bertz CT molecular complexity index is 662. The molecule has 2 rings (SSSR count). The zero-order valence-electron chi connectivity index (χ0n) is 11.5. The second-order valence-corrected chi connectivity index (χ2v) is 7.27. The fraction of sp³-hybridized carbons (Fsp3) is 0.429. The monoisotopic (exact) mass is 307 g/mol. The van der Waals surface area contributed by atoms with Crippen molar-refractivity contribution in [2.45, 2.75) is 18.9 Å². The Morgan fingerprint density at radius 2 is 2.29 bits per heavy atom. The number of rotatable bonds is 4. The van der Waals surface area contributed by atoms with E-state index in [9.17, 15) is 13.2 Å². The number of hydrogen-bond acceptors (Lipinski definition) is 5. The van der Waals surface area contributed by atoms with E-state index >= 15 is 0 Å². The number of aromatic nitrogens is 1. The molecule has 2 N–H and O–H groups in total. The first-order valence-electron chi connectivity index (χ1n) is 6.55. The summed E-state index contributed by atoms with van der Waals surface area (Å²) in [5.41, 5.74) is 6.65. The Kier molecular flexibility index (Phi) is 4.48. The maximum absolute atomic E-state index is 12.3. The number of pyridine rings is 1. The summed E-state index contributed by atoms with van der Waals surface area (Å²) < 4.78 is 23.1. The summed E-state index contributed by atoms with van der Waals surface area (Å²) in [7, 11) is -3.07. The largest absolute Gasteiger partial charge is 0.397 e. The van der Waals surface area contributed by atoms with Crippen molar-refractivity contribution in [3.05, 3.63) is 24.0 Å². The van der Waals surface area contributed by atoms with Crippen LogP contribution in [0.15, 0.2) is 18.3 Å². The van der Waals surface area contributed by atoms with Gasteiger partial charge in [-0.15, -0.1) is 6.42 Å². The second-order valence-electron chi connectivity index (χ2n) is 5.04. The van der Waals surface area contributed by atoms with Gasteiger partial charge in [0, 0.05) is 11.7 Å². The van der Waals surface area contributed by atoms with Crippen molar-refractivity contribution in [2.24, 2.45) is 0 Å². The van der Waals surface area contributed by atoms with Crippen LogP contribution in [0.5, 0.6) is 0 Å². The Morgan fingerprint density at radius 1 is 1.52 bits per heavy atom. The highest BCUT2D eigenvalue weighted by molar-refractivity contribution is 7.91. The van der Waals surface area contributed by atoms with E-state index in [-0.39, 0.29) is 36.4 Å². The average molecular weight is 307 g/mol. The number of nitrogens with two attached hydrogens (primary N) is 1. The summed E-state index contributed by atoms with van der Waals surface area (Å²) in [5, 5.41) is 0. The van der Waals surface area contributed by atoms with Gasteiger partial charge in [0.1, 0.15) is 0 Å². The zero-order chi connectivity index (χ0) is 15.5. The lowest BCUT2D eigenvalue weighted by Crippen LogP contribution is -2.42. The summed E-state index contributed by atoms with van der Waals surface area (Å²) >= 11 is 0. The second kappa shape index (κ2) is 6.14. The van der Waals surface area contributed by atoms with Gasteiger partial charge in [-0.05, 0) is 18.6 Å². The Hall–Kier alpha value is -2.07. The molecule has 1 amide bonds. The van der Waals surface area contributed by atoms with Crippen molar-refractivity contribution in [1.82, 2.24) is 9.88 Å². The van der Waals surface area contributed by atoms with Crippen LogP contribution in [0.1, 0.15) is 12.1 Å². The van der Waals surface area contributed by atoms with Gasteiger partial charge in [0.2, 0.25) is 5.91 Å². The minimum Gasteiger partial charge on any atom is -0.397 e. The van der Waals surface area contributed by atoms with Gasteiger partial charge in [-0.2, -0.15) is 0 Å². The first kappa shape index (κ1) is 15.3. The Balaban J connectivity index is 2.09. The van der Waals surface area contributed by atoms with E-state index in [2.05, 4.69) is 10.9 Å². The van der Waals surface area contributed by atoms with Crippen molar-refractivity contribution in [3.63, 3.8) is 0 Å². The molecule has 0 saturated carbocycles. The summed E-state index contributed by atoms with van der Waals surface area (Å²) in [4.78, 5) is 17.9. The van der Waals surface area contributed by atoms with Crippen LogP contribution >= 0.6 is 0 Å². The number of carbonyl (C=O) groups excluding carboxylic acids is 1. The maximum Gasteiger partial charge on any atom is 0.229 e. The molecular formula is C14H17N3O3S. The van der Waals surface area contributed by atoms with E-state index in [1.165, 1.54) is 11.1 Å². The number of terminal acetylenes is 1. The SMILES string of the molecule is C#CCN(C(=O)Cc1ccc(N)cn1)C1CCS(=O)(=O)C1. The Morgan fingerprint density at radius 3 is 2.81 bits per heavy atom. The van der Waals surface area contributed by atoms with Crippen LogP contribution in [0.4, 0.5) is 5.69 Å². The number of amides is 1. The van der Waals surface area contributed by atoms with Crippen LogP contribution in [0.3, 0.4) is 0 Å². The van der Waals surface area contributed by atoms with Crippen LogP contribution in [0, 0.1) is 12.3 Å². The van der Waals surface area contributed by atoms with Crippen LogP contribution < -0.4 is 5.73 Å². The van der Waals surface area contributed by atoms with Crippen molar-refractivity contribution in [1.29, 1.82) is 0 Å². The van der Waals surface area contributed by atoms with Crippen LogP contribution in [0.25, 0.3) is 0 Å². The highest BCUT2D eigenvalue weighted by Gasteiger charge is 2.34. The van der Waals surface area contributed by atoms with Gasteiger partial charge < -0.3 is 10.6 Å². The number of carbonyl (C=O) groups is 1. The normalized spacial score (nSPS) is 19.9. The van der Waals surface area contributed by atoms with Crippen LogP contribution in [-0.2, 0) is 21.1 Å². The predicted molar refractivity (Wildman–Crippen MR) is 80.0 cm³/mol. The van der Waals surface area contributed by atoms with Gasteiger partial charge in [-0.1, -0.05) is 5.92 Å². The minimum absolute atomic E-state index is 0.0183. The molecular weight excluding hydrogens is 290 g/mol. The molecule has 1 unspecified atom stereocenters. The van der Waals surface area contributed by atoms with Gasteiger partial charge in [0.05, 0.1) is 36.4 Å². The fourth-order valence-corrected chi connectivity index (χ4v) is 4.07. The number of hydrogen-bond donors (Lipinski definition) is 1. The molecule has 0 bridgehead atoms. The molecule has 0 aromatic carbocycles. The summed E-state index contributed by atoms with van der Waals surface area (Å²) in [6, 6.07) is 3.00. The van der Waals surface area contributed by atoms with Crippen molar-refractivity contribution in [2.75, 3.05) is 23.8 Å². The van der Waals surface area contributed by atoms with Crippen molar-refractivity contribution in [3.8, 4) is 12.3 Å². The van der Waals surface area contributed by atoms with Gasteiger partial charge in [0.25, 0.3) is 0 Å². The molecule has 0 radical (unpaired) electrons. The molecule has 1 atom stereocenters. The standard InChI is InChI=1S/C14H17N3O3S/c1-2-6-17(13-5-7-21(19,20)10-13)14(18)8-12-4-3-11(15)9-16-12/h1,3-4,9,13H,5-8,10,15H2. The zero-order valence-corrected chi connectivity index (χ0v) is 12.3. The molecule has 1 saturated heterocycles. The lowest BCUT2D eigenvalue weighted by atomic mass is 10.1. The highest BCUT2D eigenvalue weighted by Crippen LogP contribution is 2.18. The minimum atomic E-state index is -3.07. The van der Waals surface area contributed by atoms with Crippen LogP contribution in [0.2, 0.25) is 0 Å². The van der Waals surface area contributed by atoms with Gasteiger partial charge in [0.15, 0.2) is 9.84 Å². The smallest absolute Gasteiger partial charge is 0.229 e. The third-order valence-electron chi connectivity index (χ3n) is 3.41. The van der Waals surface area contributed by atoms with Gasteiger partial charge >= 0.3 is 0 Å². The molecule has 7 heteroatoms. The maximum atomic E-state index is 12.3. The van der Waals surface area contributed by atoms with Crippen molar-refractivity contribution < 1.29 is 13.2 Å². The molecule has 0 spiro atoms.